The van der Waals surface area contributed by atoms with Gasteiger partial charge in [-0.3, -0.25) is 0 Å². The van der Waals surface area contributed by atoms with Crippen molar-refractivity contribution < 1.29 is 9.84 Å². The van der Waals surface area contributed by atoms with Crippen molar-refractivity contribution in [2.24, 2.45) is 0 Å². The summed E-state index contributed by atoms with van der Waals surface area (Å²) in [6.45, 7) is 0. The van der Waals surface area contributed by atoms with Gasteiger partial charge in [0.2, 0.25) is 5.88 Å². The van der Waals surface area contributed by atoms with E-state index in [9.17, 15) is 5.11 Å². The molecule has 4 heteroatoms. The monoisotopic (exact) mass is 249 g/mol. The summed E-state index contributed by atoms with van der Waals surface area (Å²) < 4.78 is 5.02. The van der Waals surface area contributed by atoms with Crippen molar-refractivity contribution >= 4 is 11.6 Å². The van der Waals surface area contributed by atoms with Gasteiger partial charge in [-0.2, -0.15) is 0 Å². The van der Waals surface area contributed by atoms with Crippen LogP contribution in [-0.4, -0.2) is 17.2 Å². The number of hydrogen-bond donors (Lipinski definition) is 1. The van der Waals surface area contributed by atoms with Gasteiger partial charge >= 0.3 is 0 Å². The van der Waals surface area contributed by atoms with Crippen molar-refractivity contribution in [2.45, 2.75) is 6.10 Å². The third-order valence-corrected chi connectivity index (χ3v) is 2.78. The van der Waals surface area contributed by atoms with Crippen molar-refractivity contribution in [3.63, 3.8) is 0 Å². The number of benzene rings is 1. The van der Waals surface area contributed by atoms with E-state index >= 15 is 0 Å². The Balaban J connectivity index is 2.37. The highest BCUT2D eigenvalue weighted by molar-refractivity contribution is 6.31. The van der Waals surface area contributed by atoms with Crippen LogP contribution in [-0.2, 0) is 0 Å². The highest BCUT2D eigenvalue weighted by atomic mass is 35.5. The van der Waals surface area contributed by atoms with Gasteiger partial charge in [-0.15, -0.1) is 0 Å². The molecule has 0 radical (unpaired) electrons. The lowest BCUT2D eigenvalue weighted by atomic mass is 10.1. The van der Waals surface area contributed by atoms with Gasteiger partial charge < -0.3 is 9.84 Å². The number of aliphatic hydroxyl groups excluding tert-OH is 1. The molecule has 0 spiro atoms. The molecular formula is C13H12ClNO2. The Hall–Kier alpha value is -1.58. The van der Waals surface area contributed by atoms with Gasteiger partial charge in [0.25, 0.3) is 0 Å². The maximum absolute atomic E-state index is 10.2. The second-order valence-electron chi connectivity index (χ2n) is 3.53. The van der Waals surface area contributed by atoms with E-state index in [1.54, 1.807) is 30.3 Å². The van der Waals surface area contributed by atoms with Crippen LogP contribution in [0, 0.1) is 0 Å². The van der Waals surface area contributed by atoms with E-state index in [0.717, 1.165) is 0 Å². The smallest absolute Gasteiger partial charge is 0.213 e. The van der Waals surface area contributed by atoms with Crippen LogP contribution >= 0.6 is 11.6 Å². The third kappa shape index (κ3) is 2.57. The molecule has 2 aromatic rings. The van der Waals surface area contributed by atoms with Gasteiger partial charge in [-0.05, 0) is 12.1 Å². The average molecular weight is 250 g/mol. The Bertz CT molecular complexity index is 516. The van der Waals surface area contributed by atoms with E-state index in [4.69, 9.17) is 16.3 Å². The maximum atomic E-state index is 10.2. The fraction of sp³-hybridized carbons (Fsp3) is 0.154. The number of aliphatic hydroxyl groups is 1. The molecule has 88 valence electrons. The summed E-state index contributed by atoms with van der Waals surface area (Å²) in [7, 11) is 1.54. The summed E-state index contributed by atoms with van der Waals surface area (Å²) >= 11 is 6.02. The Kier molecular flexibility index (Phi) is 3.61. The Morgan fingerprint density at radius 1 is 1.18 bits per heavy atom. The quantitative estimate of drug-likeness (QED) is 0.910. The molecule has 0 amide bonds. The summed E-state index contributed by atoms with van der Waals surface area (Å²) in [6, 6.07) is 12.4. The minimum atomic E-state index is -0.848. The largest absolute Gasteiger partial charge is 0.481 e. The average Bonchev–Trinajstić information content (AvgIpc) is 2.38. The zero-order chi connectivity index (χ0) is 12.3. The molecule has 0 aliphatic heterocycles. The molecule has 0 bridgehead atoms. The first kappa shape index (κ1) is 11.9. The number of pyridine rings is 1. The fourth-order valence-corrected chi connectivity index (χ4v) is 1.79. The molecule has 1 atom stereocenters. The van der Waals surface area contributed by atoms with Crippen molar-refractivity contribution in [1.82, 2.24) is 4.98 Å². The van der Waals surface area contributed by atoms with Crippen LogP contribution in [0.1, 0.15) is 17.4 Å². The van der Waals surface area contributed by atoms with Crippen molar-refractivity contribution in [2.75, 3.05) is 7.11 Å². The lowest BCUT2D eigenvalue weighted by Gasteiger charge is -2.12. The number of nitrogens with zero attached hydrogens (tertiary/aromatic N) is 1. The molecule has 1 heterocycles. The molecule has 1 aromatic carbocycles. The number of methoxy groups -OCH3 is 1. The second kappa shape index (κ2) is 5.17. The molecular weight excluding hydrogens is 238 g/mol. The van der Waals surface area contributed by atoms with Crippen molar-refractivity contribution in [3.8, 4) is 5.88 Å². The number of aromatic nitrogens is 1. The zero-order valence-corrected chi connectivity index (χ0v) is 10.1. The molecule has 0 saturated heterocycles. The highest BCUT2D eigenvalue weighted by Gasteiger charge is 2.15. The van der Waals surface area contributed by atoms with E-state index in [1.807, 2.05) is 12.1 Å². The van der Waals surface area contributed by atoms with Crippen molar-refractivity contribution in [3.05, 3.63) is 58.7 Å². The summed E-state index contributed by atoms with van der Waals surface area (Å²) in [4.78, 5) is 4.18. The van der Waals surface area contributed by atoms with Gasteiger partial charge in [-0.1, -0.05) is 35.9 Å². The molecule has 17 heavy (non-hydrogen) atoms. The summed E-state index contributed by atoms with van der Waals surface area (Å²) in [5.74, 6) is 0.466. The lowest BCUT2D eigenvalue weighted by Crippen LogP contribution is -2.03. The van der Waals surface area contributed by atoms with Crippen LogP contribution in [0.3, 0.4) is 0 Å². The van der Waals surface area contributed by atoms with E-state index in [0.29, 0.717) is 22.2 Å². The van der Waals surface area contributed by atoms with Crippen LogP contribution in [0.25, 0.3) is 0 Å². The van der Waals surface area contributed by atoms with Crippen LogP contribution in [0.15, 0.2) is 42.5 Å². The SMILES string of the molecule is COc1cccc(C(O)c2ccccc2Cl)n1. The molecule has 3 nitrogen and oxygen atoms in total. The topological polar surface area (TPSA) is 42.4 Å². The molecule has 1 unspecified atom stereocenters. The second-order valence-corrected chi connectivity index (χ2v) is 3.94. The van der Waals surface area contributed by atoms with Gasteiger partial charge in [0.05, 0.1) is 12.8 Å². The normalized spacial score (nSPS) is 12.2. The Labute approximate surface area is 105 Å². The minimum absolute atomic E-state index is 0.466. The highest BCUT2D eigenvalue weighted by Crippen LogP contribution is 2.27. The standard InChI is InChI=1S/C13H12ClNO2/c1-17-12-8-4-7-11(15-12)13(16)9-5-2-3-6-10(9)14/h2-8,13,16H,1H3. The summed E-state index contributed by atoms with van der Waals surface area (Å²) in [6.07, 6.45) is -0.848. The van der Waals surface area contributed by atoms with E-state index in [1.165, 1.54) is 7.11 Å². The first-order valence-corrected chi connectivity index (χ1v) is 5.53. The van der Waals surface area contributed by atoms with E-state index in [-0.39, 0.29) is 0 Å². The number of hydrogen-bond acceptors (Lipinski definition) is 3. The van der Waals surface area contributed by atoms with Gasteiger partial charge in [0.1, 0.15) is 6.10 Å². The molecule has 1 aromatic heterocycles. The van der Waals surface area contributed by atoms with Gasteiger partial charge in [0, 0.05) is 16.7 Å². The van der Waals surface area contributed by atoms with Crippen LogP contribution in [0.5, 0.6) is 5.88 Å². The number of rotatable bonds is 3. The molecule has 0 aliphatic rings. The number of ether oxygens (including phenoxy) is 1. The predicted octanol–water partition coefficient (Wildman–Crippen LogP) is 2.83. The lowest BCUT2D eigenvalue weighted by molar-refractivity contribution is 0.214. The van der Waals surface area contributed by atoms with Crippen molar-refractivity contribution in [1.29, 1.82) is 0 Å². The van der Waals surface area contributed by atoms with E-state index in [2.05, 4.69) is 4.98 Å². The fourth-order valence-electron chi connectivity index (χ4n) is 1.55. The molecule has 0 fully saturated rings. The first-order valence-electron chi connectivity index (χ1n) is 5.16. The van der Waals surface area contributed by atoms with E-state index < -0.39 is 6.10 Å². The van der Waals surface area contributed by atoms with Gasteiger partial charge in [0.15, 0.2) is 0 Å². The van der Waals surface area contributed by atoms with Crippen LogP contribution in [0.4, 0.5) is 0 Å². The first-order chi connectivity index (χ1) is 8.22. The summed E-state index contributed by atoms with van der Waals surface area (Å²) in [5, 5.41) is 10.7. The molecule has 1 N–H and O–H groups in total. The van der Waals surface area contributed by atoms with Gasteiger partial charge in [-0.25, -0.2) is 4.98 Å². The van der Waals surface area contributed by atoms with Crippen LogP contribution < -0.4 is 4.74 Å². The molecule has 2 rings (SSSR count). The minimum Gasteiger partial charge on any atom is -0.481 e. The Morgan fingerprint density at radius 3 is 2.65 bits per heavy atom. The maximum Gasteiger partial charge on any atom is 0.213 e. The summed E-state index contributed by atoms with van der Waals surface area (Å²) in [5.41, 5.74) is 1.15. The Morgan fingerprint density at radius 2 is 1.94 bits per heavy atom. The third-order valence-electron chi connectivity index (χ3n) is 2.43. The number of halogens is 1. The van der Waals surface area contributed by atoms with Crippen LogP contribution in [0.2, 0.25) is 5.02 Å². The molecule has 0 saturated carbocycles. The zero-order valence-electron chi connectivity index (χ0n) is 9.30. The predicted molar refractivity (Wildman–Crippen MR) is 66.3 cm³/mol. The molecule has 0 aliphatic carbocycles.